The highest BCUT2D eigenvalue weighted by Gasteiger charge is 2.15. The molecule has 2 rings (SSSR count). The molecule has 0 aromatic heterocycles. The largest absolute Gasteiger partial charge is 0.481 e. The zero-order valence-corrected chi connectivity index (χ0v) is 12.7. The Balaban J connectivity index is 2.01. The topological polar surface area (TPSA) is 38.3 Å². The molecule has 0 spiro atoms. The molecule has 0 saturated carbocycles. The van der Waals surface area contributed by atoms with Crippen molar-refractivity contribution in [3.8, 4) is 5.75 Å². The molecule has 0 heterocycles. The number of nitrogens with one attached hydrogen (secondary N) is 1. The lowest BCUT2D eigenvalue weighted by molar-refractivity contribution is -0.122. The molecule has 3 nitrogen and oxygen atoms in total. The highest BCUT2D eigenvalue weighted by atomic mass is 16.5. The van der Waals surface area contributed by atoms with Gasteiger partial charge in [-0.25, -0.2) is 0 Å². The number of carbonyl (C=O) groups excluding carboxylic acids is 1. The minimum atomic E-state index is -0.544. The van der Waals surface area contributed by atoms with Crippen molar-refractivity contribution in [3.63, 3.8) is 0 Å². The van der Waals surface area contributed by atoms with Crippen molar-refractivity contribution in [2.24, 2.45) is 0 Å². The molecule has 2 aromatic rings. The van der Waals surface area contributed by atoms with Crippen LogP contribution in [-0.4, -0.2) is 12.0 Å². The van der Waals surface area contributed by atoms with Gasteiger partial charge in [-0.3, -0.25) is 4.79 Å². The van der Waals surface area contributed by atoms with Crippen LogP contribution in [0, 0.1) is 6.92 Å². The van der Waals surface area contributed by atoms with Crippen molar-refractivity contribution < 1.29 is 9.53 Å². The van der Waals surface area contributed by atoms with Crippen LogP contribution in [0.5, 0.6) is 5.75 Å². The van der Waals surface area contributed by atoms with Crippen LogP contribution < -0.4 is 10.1 Å². The molecule has 0 aliphatic rings. The minimum absolute atomic E-state index is 0.142. The Hall–Kier alpha value is -2.29. The second-order valence-corrected chi connectivity index (χ2v) is 5.07. The van der Waals surface area contributed by atoms with Crippen LogP contribution in [0.2, 0.25) is 0 Å². The van der Waals surface area contributed by atoms with Gasteiger partial charge in [0.2, 0.25) is 0 Å². The van der Waals surface area contributed by atoms with Crippen molar-refractivity contribution in [1.29, 1.82) is 0 Å². The van der Waals surface area contributed by atoms with Gasteiger partial charge in [-0.15, -0.1) is 0 Å². The summed E-state index contributed by atoms with van der Waals surface area (Å²) in [5.41, 5.74) is 3.13. The summed E-state index contributed by atoms with van der Waals surface area (Å²) in [4.78, 5) is 12.2. The number of amides is 1. The highest BCUT2D eigenvalue weighted by molar-refractivity contribution is 5.94. The van der Waals surface area contributed by atoms with E-state index >= 15 is 0 Å². The van der Waals surface area contributed by atoms with Crippen LogP contribution in [0.15, 0.2) is 48.5 Å². The molecule has 3 heteroatoms. The molecule has 0 aliphatic carbocycles. The number of hydrogen-bond donors (Lipinski definition) is 1. The normalized spacial score (nSPS) is 11.8. The SMILES string of the molecule is CCc1ccccc1NC(=O)[C@@H](C)Oc1ccc(C)cc1. The number of rotatable bonds is 5. The maximum absolute atomic E-state index is 12.2. The fourth-order valence-electron chi connectivity index (χ4n) is 2.06. The van der Waals surface area contributed by atoms with E-state index in [0.29, 0.717) is 5.75 Å². The van der Waals surface area contributed by atoms with Gasteiger partial charge in [0.25, 0.3) is 5.91 Å². The number of benzene rings is 2. The van der Waals surface area contributed by atoms with Crippen LogP contribution in [0.1, 0.15) is 25.0 Å². The smallest absolute Gasteiger partial charge is 0.265 e. The van der Waals surface area contributed by atoms with E-state index in [0.717, 1.165) is 23.2 Å². The van der Waals surface area contributed by atoms with E-state index in [4.69, 9.17) is 4.74 Å². The van der Waals surface area contributed by atoms with E-state index in [1.54, 1.807) is 6.92 Å². The Bertz CT molecular complexity index is 605. The summed E-state index contributed by atoms with van der Waals surface area (Å²) in [6.07, 6.45) is 0.335. The van der Waals surface area contributed by atoms with Gasteiger partial charge < -0.3 is 10.1 Å². The fourth-order valence-corrected chi connectivity index (χ4v) is 2.06. The molecule has 21 heavy (non-hydrogen) atoms. The highest BCUT2D eigenvalue weighted by Crippen LogP contribution is 2.17. The molecule has 2 aromatic carbocycles. The third-order valence-electron chi connectivity index (χ3n) is 3.36. The number of carbonyl (C=O) groups is 1. The maximum Gasteiger partial charge on any atom is 0.265 e. The van der Waals surface area contributed by atoms with E-state index in [1.165, 1.54) is 0 Å². The Labute approximate surface area is 126 Å². The summed E-state index contributed by atoms with van der Waals surface area (Å²) in [6.45, 7) is 5.84. The third kappa shape index (κ3) is 4.09. The molecular formula is C18H21NO2. The molecule has 0 bridgehead atoms. The van der Waals surface area contributed by atoms with Gasteiger partial charge >= 0.3 is 0 Å². The van der Waals surface area contributed by atoms with E-state index in [2.05, 4.69) is 12.2 Å². The number of hydrogen-bond acceptors (Lipinski definition) is 2. The zero-order valence-electron chi connectivity index (χ0n) is 12.7. The first-order valence-corrected chi connectivity index (χ1v) is 7.22. The van der Waals surface area contributed by atoms with Crippen LogP contribution in [0.25, 0.3) is 0 Å². The third-order valence-corrected chi connectivity index (χ3v) is 3.36. The summed E-state index contributed by atoms with van der Waals surface area (Å²) in [5.74, 6) is 0.559. The average molecular weight is 283 g/mol. The summed E-state index contributed by atoms with van der Waals surface area (Å²) in [5, 5.41) is 2.93. The van der Waals surface area contributed by atoms with E-state index in [9.17, 15) is 4.79 Å². The first-order chi connectivity index (χ1) is 10.1. The van der Waals surface area contributed by atoms with Crippen molar-refractivity contribution in [2.45, 2.75) is 33.3 Å². The minimum Gasteiger partial charge on any atom is -0.481 e. The van der Waals surface area contributed by atoms with E-state index in [1.807, 2.05) is 55.5 Å². The van der Waals surface area contributed by atoms with Crippen LogP contribution >= 0.6 is 0 Å². The Kier molecular flexibility index (Phi) is 4.99. The predicted octanol–water partition coefficient (Wildman–Crippen LogP) is 3.96. The van der Waals surface area contributed by atoms with E-state index in [-0.39, 0.29) is 5.91 Å². The summed E-state index contributed by atoms with van der Waals surface area (Å²) in [6, 6.07) is 15.5. The van der Waals surface area contributed by atoms with Gasteiger partial charge in [0.15, 0.2) is 6.10 Å². The monoisotopic (exact) mass is 283 g/mol. The van der Waals surface area contributed by atoms with Crippen molar-refractivity contribution in [3.05, 3.63) is 59.7 Å². The lowest BCUT2D eigenvalue weighted by Crippen LogP contribution is -2.30. The van der Waals surface area contributed by atoms with Gasteiger partial charge in [0, 0.05) is 5.69 Å². The summed E-state index contributed by atoms with van der Waals surface area (Å²) < 4.78 is 5.66. The molecule has 0 aliphatic heterocycles. The molecule has 0 fully saturated rings. The van der Waals surface area contributed by atoms with Gasteiger partial charge in [-0.05, 0) is 44.0 Å². The van der Waals surface area contributed by atoms with Crippen molar-refractivity contribution in [1.82, 2.24) is 0 Å². The molecular weight excluding hydrogens is 262 g/mol. The number of aryl methyl sites for hydroxylation is 2. The van der Waals surface area contributed by atoms with Crippen molar-refractivity contribution in [2.75, 3.05) is 5.32 Å². The molecule has 0 radical (unpaired) electrons. The molecule has 1 N–H and O–H groups in total. The first-order valence-electron chi connectivity index (χ1n) is 7.22. The second-order valence-electron chi connectivity index (χ2n) is 5.07. The Morgan fingerprint density at radius 2 is 1.81 bits per heavy atom. The Morgan fingerprint density at radius 3 is 2.48 bits per heavy atom. The van der Waals surface area contributed by atoms with Gasteiger partial charge in [-0.2, -0.15) is 0 Å². The summed E-state index contributed by atoms with van der Waals surface area (Å²) >= 11 is 0. The van der Waals surface area contributed by atoms with Crippen molar-refractivity contribution >= 4 is 11.6 Å². The lowest BCUT2D eigenvalue weighted by atomic mass is 10.1. The van der Waals surface area contributed by atoms with Gasteiger partial charge in [0.05, 0.1) is 0 Å². The standard InChI is InChI=1S/C18H21NO2/c1-4-15-7-5-6-8-17(15)19-18(20)14(3)21-16-11-9-13(2)10-12-16/h5-12,14H,4H2,1-3H3,(H,19,20)/t14-/m1/s1. The zero-order chi connectivity index (χ0) is 15.2. The van der Waals surface area contributed by atoms with Gasteiger partial charge in [0.1, 0.15) is 5.75 Å². The predicted molar refractivity (Wildman–Crippen MR) is 85.7 cm³/mol. The molecule has 0 saturated heterocycles. The van der Waals surface area contributed by atoms with Gasteiger partial charge in [-0.1, -0.05) is 42.8 Å². The Morgan fingerprint density at radius 1 is 1.14 bits per heavy atom. The molecule has 1 atom stereocenters. The second kappa shape index (κ2) is 6.93. The fraction of sp³-hybridized carbons (Fsp3) is 0.278. The first kappa shape index (κ1) is 15.1. The van der Waals surface area contributed by atoms with E-state index < -0.39 is 6.10 Å². The molecule has 1 amide bonds. The van der Waals surface area contributed by atoms with Crippen LogP contribution in [-0.2, 0) is 11.2 Å². The quantitative estimate of drug-likeness (QED) is 0.902. The number of ether oxygens (including phenoxy) is 1. The average Bonchev–Trinajstić information content (AvgIpc) is 2.50. The molecule has 110 valence electrons. The summed E-state index contributed by atoms with van der Waals surface area (Å²) in [7, 11) is 0. The maximum atomic E-state index is 12.2. The van der Waals surface area contributed by atoms with Crippen LogP contribution in [0.3, 0.4) is 0 Å². The lowest BCUT2D eigenvalue weighted by Gasteiger charge is -2.16. The molecule has 0 unspecified atom stereocenters. The van der Waals surface area contributed by atoms with Crippen LogP contribution in [0.4, 0.5) is 5.69 Å². The number of para-hydroxylation sites is 1. The number of anilines is 1.